The zero-order chi connectivity index (χ0) is 11.6. The van der Waals surface area contributed by atoms with E-state index in [-0.39, 0.29) is 12.4 Å². The second-order valence-corrected chi connectivity index (χ2v) is 7.52. The van der Waals surface area contributed by atoms with Gasteiger partial charge in [0.1, 0.15) is 5.84 Å². The van der Waals surface area contributed by atoms with Gasteiger partial charge in [-0.1, -0.05) is 0 Å². The lowest BCUT2D eigenvalue weighted by atomic mass is 10.6. The van der Waals surface area contributed by atoms with Crippen molar-refractivity contribution in [3.8, 4) is 0 Å². The van der Waals surface area contributed by atoms with Crippen LogP contribution in [0.15, 0.2) is 0 Å². The number of hydrogen-bond acceptors (Lipinski definition) is 5. The third-order valence-electron chi connectivity index (χ3n) is 1.23. The van der Waals surface area contributed by atoms with Gasteiger partial charge in [0, 0.05) is 13.3 Å². The van der Waals surface area contributed by atoms with Crippen LogP contribution in [0.4, 0.5) is 0 Å². The third kappa shape index (κ3) is 5.14. The van der Waals surface area contributed by atoms with Gasteiger partial charge in [-0.15, -0.1) is 0 Å². The molecule has 0 aliphatic heterocycles. The SMILES string of the molecule is CN(CC(=N)N)S(=O)(=O)CS(C)(=O)=O. The summed E-state index contributed by atoms with van der Waals surface area (Å²) in [5, 5.41) is 5.89. The first-order chi connectivity index (χ1) is 6.04. The smallest absolute Gasteiger partial charge is 0.228 e. The molecule has 0 radical (unpaired) electrons. The molecule has 0 rings (SSSR count). The normalized spacial score (nSPS) is 13.1. The molecule has 0 bridgehead atoms. The Labute approximate surface area is 83.4 Å². The Hall–Kier alpha value is -0.670. The highest BCUT2D eigenvalue weighted by Crippen LogP contribution is 2.00. The maximum absolute atomic E-state index is 11.3. The maximum Gasteiger partial charge on any atom is 0.228 e. The van der Waals surface area contributed by atoms with Crippen LogP contribution in [0, 0.1) is 5.41 Å². The molecule has 0 saturated carbocycles. The molecule has 0 aromatic heterocycles. The van der Waals surface area contributed by atoms with E-state index in [1.165, 1.54) is 7.05 Å². The first kappa shape index (κ1) is 13.3. The van der Waals surface area contributed by atoms with Gasteiger partial charge in [-0.3, -0.25) is 5.41 Å². The minimum Gasteiger partial charge on any atom is -0.387 e. The molecule has 0 heterocycles. The zero-order valence-electron chi connectivity index (χ0n) is 7.89. The summed E-state index contributed by atoms with van der Waals surface area (Å²) in [5.41, 5.74) is 4.98. The number of hydrogen-bond donors (Lipinski definition) is 2. The Morgan fingerprint density at radius 3 is 2.07 bits per heavy atom. The van der Waals surface area contributed by atoms with E-state index in [2.05, 4.69) is 0 Å². The van der Waals surface area contributed by atoms with E-state index in [0.29, 0.717) is 0 Å². The predicted molar refractivity (Wildman–Crippen MR) is 53.2 cm³/mol. The van der Waals surface area contributed by atoms with Crippen molar-refractivity contribution in [2.45, 2.75) is 0 Å². The molecular weight excluding hydrogens is 230 g/mol. The summed E-state index contributed by atoms with van der Waals surface area (Å²) in [7, 11) is -6.32. The van der Waals surface area contributed by atoms with Crippen LogP contribution in [0.2, 0.25) is 0 Å². The van der Waals surface area contributed by atoms with Crippen LogP contribution >= 0.6 is 0 Å². The standard InChI is InChI=1S/C5H13N3O4S2/c1-8(3-5(6)7)14(11,12)4-13(2,9)10/h3-4H2,1-2H3,(H3,6,7). The molecule has 0 aromatic rings. The van der Waals surface area contributed by atoms with Gasteiger partial charge in [-0.05, 0) is 0 Å². The summed E-state index contributed by atoms with van der Waals surface area (Å²) < 4.78 is 44.8. The molecule has 0 spiro atoms. The van der Waals surface area contributed by atoms with Crippen LogP contribution in [0.3, 0.4) is 0 Å². The summed E-state index contributed by atoms with van der Waals surface area (Å²) >= 11 is 0. The van der Waals surface area contributed by atoms with Gasteiger partial charge in [0.2, 0.25) is 10.0 Å². The van der Waals surface area contributed by atoms with Crippen molar-refractivity contribution < 1.29 is 16.8 Å². The van der Waals surface area contributed by atoms with Crippen molar-refractivity contribution in [3.05, 3.63) is 0 Å². The quantitative estimate of drug-likeness (QED) is 0.435. The van der Waals surface area contributed by atoms with Crippen molar-refractivity contribution in [2.24, 2.45) is 5.73 Å². The molecule has 7 nitrogen and oxygen atoms in total. The lowest BCUT2D eigenvalue weighted by Gasteiger charge is -2.14. The molecule has 0 aliphatic rings. The van der Waals surface area contributed by atoms with Gasteiger partial charge in [-0.2, -0.15) is 4.31 Å². The lowest BCUT2D eigenvalue weighted by Crippen LogP contribution is -2.37. The molecule has 0 unspecified atom stereocenters. The molecule has 0 aromatic carbocycles. The van der Waals surface area contributed by atoms with E-state index in [4.69, 9.17) is 11.1 Å². The van der Waals surface area contributed by atoms with Crippen LogP contribution in [-0.4, -0.2) is 51.9 Å². The molecule has 9 heteroatoms. The molecule has 3 N–H and O–H groups in total. The van der Waals surface area contributed by atoms with Crippen LogP contribution in [0.1, 0.15) is 0 Å². The fraction of sp³-hybridized carbons (Fsp3) is 0.800. The van der Waals surface area contributed by atoms with Gasteiger partial charge in [-0.25, -0.2) is 16.8 Å². The fourth-order valence-corrected chi connectivity index (χ4v) is 3.92. The van der Waals surface area contributed by atoms with Gasteiger partial charge in [0.15, 0.2) is 14.9 Å². The molecule has 0 fully saturated rings. The first-order valence-corrected chi connectivity index (χ1v) is 7.16. The highest BCUT2D eigenvalue weighted by Gasteiger charge is 2.23. The first-order valence-electron chi connectivity index (χ1n) is 3.49. The summed E-state index contributed by atoms with van der Waals surface area (Å²) in [6.07, 6.45) is 0.826. The van der Waals surface area contributed by atoms with Crippen molar-refractivity contribution in [3.63, 3.8) is 0 Å². The highest BCUT2D eigenvalue weighted by molar-refractivity contribution is 8.06. The van der Waals surface area contributed by atoms with Crippen molar-refractivity contribution in [1.29, 1.82) is 5.41 Å². The second kappa shape index (κ2) is 4.24. The summed E-state index contributed by atoms with van der Waals surface area (Å²) in [5.74, 6) is -0.343. The minimum atomic E-state index is -3.89. The van der Waals surface area contributed by atoms with E-state index in [1.807, 2.05) is 0 Å². The average Bonchev–Trinajstić information content (AvgIpc) is 1.78. The number of amidine groups is 1. The summed E-state index contributed by atoms with van der Waals surface area (Å²) in [4.78, 5) is 0. The van der Waals surface area contributed by atoms with E-state index >= 15 is 0 Å². The van der Waals surface area contributed by atoms with E-state index < -0.39 is 24.9 Å². The maximum atomic E-state index is 11.3. The minimum absolute atomic E-state index is 0.308. The van der Waals surface area contributed by atoms with Crippen molar-refractivity contribution in [2.75, 3.05) is 24.9 Å². The molecule has 0 saturated heterocycles. The topological polar surface area (TPSA) is 121 Å². The lowest BCUT2D eigenvalue weighted by molar-refractivity contribution is 0.508. The average molecular weight is 243 g/mol. The summed E-state index contributed by atoms with van der Waals surface area (Å²) in [6.45, 7) is -0.308. The van der Waals surface area contributed by atoms with Crippen LogP contribution in [0.5, 0.6) is 0 Å². The number of sulfonamides is 1. The number of likely N-dealkylation sites (N-methyl/N-ethyl adjacent to an activating group) is 1. The van der Waals surface area contributed by atoms with E-state index in [0.717, 1.165) is 10.6 Å². The van der Waals surface area contributed by atoms with Gasteiger partial charge < -0.3 is 5.73 Å². The molecule has 0 aliphatic carbocycles. The fourth-order valence-electron chi connectivity index (χ4n) is 0.699. The van der Waals surface area contributed by atoms with Crippen LogP contribution < -0.4 is 5.73 Å². The molecule has 0 amide bonds. The number of nitrogens with two attached hydrogens (primary N) is 1. The van der Waals surface area contributed by atoms with Crippen molar-refractivity contribution in [1.82, 2.24) is 4.31 Å². The zero-order valence-corrected chi connectivity index (χ0v) is 9.52. The van der Waals surface area contributed by atoms with Gasteiger partial charge >= 0.3 is 0 Å². The predicted octanol–water partition coefficient (Wildman–Crippen LogP) is -1.81. The van der Waals surface area contributed by atoms with Crippen LogP contribution in [0.25, 0.3) is 0 Å². The largest absolute Gasteiger partial charge is 0.387 e. The number of sulfone groups is 1. The molecule has 0 atom stereocenters. The summed E-state index contributed by atoms with van der Waals surface area (Å²) in [6, 6.07) is 0. The van der Waals surface area contributed by atoms with Gasteiger partial charge in [0.25, 0.3) is 0 Å². The Morgan fingerprint density at radius 1 is 1.36 bits per heavy atom. The van der Waals surface area contributed by atoms with Crippen molar-refractivity contribution >= 4 is 25.7 Å². The number of nitrogens with zero attached hydrogens (tertiary/aromatic N) is 1. The Kier molecular flexibility index (Phi) is 4.03. The number of rotatable bonds is 5. The highest BCUT2D eigenvalue weighted by atomic mass is 32.3. The number of nitrogens with one attached hydrogen (secondary N) is 1. The molecular formula is C5H13N3O4S2. The Balaban J connectivity index is 4.73. The van der Waals surface area contributed by atoms with E-state index in [1.54, 1.807) is 0 Å². The second-order valence-electron chi connectivity index (χ2n) is 2.94. The van der Waals surface area contributed by atoms with Gasteiger partial charge in [0.05, 0.1) is 6.54 Å². The monoisotopic (exact) mass is 243 g/mol. The molecule has 84 valence electrons. The Bertz CT molecular complexity index is 410. The third-order valence-corrected chi connectivity index (χ3v) is 5.21. The van der Waals surface area contributed by atoms with E-state index in [9.17, 15) is 16.8 Å². The Morgan fingerprint density at radius 2 is 1.79 bits per heavy atom. The van der Waals surface area contributed by atoms with Crippen LogP contribution in [-0.2, 0) is 19.9 Å². The molecule has 14 heavy (non-hydrogen) atoms.